The number of aromatic hydroxyl groups is 1. The number of hydrogen-bond acceptors (Lipinski definition) is 8. The van der Waals surface area contributed by atoms with E-state index in [1.807, 2.05) is 12.1 Å². The molecule has 6 aliphatic rings. The van der Waals surface area contributed by atoms with Gasteiger partial charge < -0.3 is 37.6 Å². The van der Waals surface area contributed by atoms with Crippen LogP contribution in [0.25, 0.3) is 0 Å². The molecule has 8 nitrogen and oxygen atoms in total. The molecule has 0 spiro atoms. The molecule has 0 bridgehead atoms. The fourth-order valence-corrected chi connectivity index (χ4v) is 16.2. The SMILES string of the molecule is COc1cc2c(cc1O)CCC1C2CC[C@@]2(C)C1CC[C@@H]2OCCO[Si](C)(C)C(C)(C)C.COc1cc2c(cc1OCc1ccccc1)CCC1C2CC[C@@]2(C)C1CC[C@@H]2OCCO[Si](C)(C)C(C)(C)C. The highest BCUT2D eigenvalue weighted by molar-refractivity contribution is 6.74. The van der Waals surface area contributed by atoms with E-state index in [0.29, 0.717) is 48.9 Å². The van der Waals surface area contributed by atoms with Gasteiger partial charge in [0.05, 0.1) is 52.9 Å². The normalized spacial score (nSPS) is 30.1. The number of benzene rings is 3. The second-order valence-electron chi connectivity index (χ2n) is 26.2. The Bertz CT molecular complexity index is 2270. The number of aryl methyl sites for hydroxylation is 2. The first-order valence-corrected chi connectivity index (χ1v) is 33.6. The Labute approximate surface area is 432 Å². The summed E-state index contributed by atoms with van der Waals surface area (Å²) in [6.45, 7) is 31.5. The van der Waals surface area contributed by atoms with Crippen molar-refractivity contribution >= 4 is 16.6 Å². The summed E-state index contributed by atoms with van der Waals surface area (Å²) in [4.78, 5) is 0. The molecular formula is C61H94O8Si2. The summed E-state index contributed by atoms with van der Waals surface area (Å²) in [7, 11) is -0.0245. The van der Waals surface area contributed by atoms with E-state index in [9.17, 15) is 5.11 Å². The van der Waals surface area contributed by atoms with Crippen LogP contribution in [0.1, 0.15) is 159 Å². The number of rotatable bonds is 15. The highest BCUT2D eigenvalue weighted by Gasteiger charge is 2.57. The second kappa shape index (κ2) is 21.4. The van der Waals surface area contributed by atoms with Crippen molar-refractivity contribution in [2.24, 2.45) is 34.5 Å². The van der Waals surface area contributed by atoms with Gasteiger partial charge in [-0.2, -0.15) is 0 Å². The molecule has 0 saturated heterocycles. The van der Waals surface area contributed by atoms with E-state index in [2.05, 4.69) is 124 Å². The fraction of sp³-hybridized carbons (Fsp3) is 0.705. The first kappa shape index (κ1) is 54.4. The van der Waals surface area contributed by atoms with Gasteiger partial charge in [-0.3, -0.25) is 0 Å². The molecule has 6 aliphatic carbocycles. The molecule has 1 N–H and O–H groups in total. The van der Waals surface area contributed by atoms with Crippen molar-refractivity contribution in [1.82, 2.24) is 0 Å². The lowest BCUT2D eigenvalue weighted by Crippen LogP contribution is -2.45. The quantitative estimate of drug-likeness (QED) is 0.119. The fourth-order valence-electron chi connectivity index (χ4n) is 14.2. The monoisotopic (exact) mass is 1010 g/mol. The van der Waals surface area contributed by atoms with Crippen molar-refractivity contribution in [2.75, 3.05) is 40.6 Å². The van der Waals surface area contributed by atoms with E-state index in [-0.39, 0.29) is 26.7 Å². The molecule has 0 aromatic heterocycles. The van der Waals surface area contributed by atoms with Crippen LogP contribution in [0.3, 0.4) is 0 Å². The third kappa shape index (κ3) is 11.1. The van der Waals surface area contributed by atoms with Crippen LogP contribution in [0.5, 0.6) is 23.0 Å². The standard InChI is InChI=1S/C34H50O4Si.C27H44O4Si/c1-33(2,3)39(6,7)38-20-19-36-32-16-15-29-27-14-13-25-21-31(37-23-24-11-9-8-10-12-24)30(35-5)22-28(25)26(27)17-18-34(29,32)4;1-26(2,3)32(6,7)31-15-14-30-25-11-10-22-20-9-8-18-16-23(28)24(29-5)17-21(18)19(20)12-13-27(22,25)4/h8-12,21-22,26-27,29,32H,13-20,23H2,1-7H3;16-17,19-20,22,25,28H,8-15H2,1-7H3/t26?,27?,29?,32-,34-;19?,20?,22?,25-,27-/m00/s1. The lowest BCUT2D eigenvalue weighted by molar-refractivity contribution is -0.0701. The van der Waals surface area contributed by atoms with Crippen LogP contribution in [-0.4, -0.2) is 74.6 Å². The number of methoxy groups -OCH3 is 2. The largest absolute Gasteiger partial charge is 0.504 e. The van der Waals surface area contributed by atoms with Crippen LogP contribution in [0.15, 0.2) is 54.6 Å². The Kier molecular flexibility index (Phi) is 16.4. The molecule has 71 heavy (non-hydrogen) atoms. The molecule has 10 atom stereocenters. The van der Waals surface area contributed by atoms with Crippen LogP contribution in [-0.2, 0) is 37.8 Å². The van der Waals surface area contributed by atoms with Crippen molar-refractivity contribution in [2.45, 2.75) is 199 Å². The van der Waals surface area contributed by atoms with Gasteiger partial charge in [-0.25, -0.2) is 0 Å². The van der Waals surface area contributed by atoms with Crippen LogP contribution >= 0.6 is 0 Å². The Morgan fingerprint density at radius 1 is 0.563 bits per heavy atom. The van der Waals surface area contributed by atoms with Gasteiger partial charge in [0.1, 0.15) is 6.61 Å². The molecule has 394 valence electrons. The molecule has 3 aromatic carbocycles. The van der Waals surface area contributed by atoms with Gasteiger partial charge in [-0.05, 0) is 212 Å². The van der Waals surface area contributed by atoms with E-state index < -0.39 is 16.6 Å². The van der Waals surface area contributed by atoms with Gasteiger partial charge in [-0.15, -0.1) is 0 Å². The Morgan fingerprint density at radius 3 is 1.49 bits per heavy atom. The first-order valence-electron chi connectivity index (χ1n) is 27.8. The van der Waals surface area contributed by atoms with E-state index in [1.54, 1.807) is 14.2 Å². The minimum absolute atomic E-state index is 0.241. The number of phenols is 1. The van der Waals surface area contributed by atoms with Crippen LogP contribution in [0.4, 0.5) is 0 Å². The molecule has 9 rings (SSSR count). The third-order valence-corrected chi connectivity index (χ3v) is 29.5. The Morgan fingerprint density at radius 2 is 1.03 bits per heavy atom. The molecule has 6 unspecified atom stereocenters. The minimum Gasteiger partial charge on any atom is -0.504 e. The van der Waals surface area contributed by atoms with Crippen molar-refractivity contribution in [3.8, 4) is 23.0 Å². The van der Waals surface area contributed by atoms with Gasteiger partial charge >= 0.3 is 0 Å². The van der Waals surface area contributed by atoms with Gasteiger partial charge in [-0.1, -0.05) is 85.7 Å². The lowest BCUT2D eigenvalue weighted by atomic mass is 9.55. The Balaban J connectivity index is 0.000000194. The van der Waals surface area contributed by atoms with Crippen molar-refractivity contribution in [3.63, 3.8) is 0 Å². The average molecular weight is 1010 g/mol. The maximum Gasteiger partial charge on any atom is 0.192 e. The molecule has 0 aliphatic heterocycles. The number of fused-ring (bicyclic) bond motifs is 10. The van der Waals surface area contributed by atoms with E-state index in [4.69, 9.17) is 32.5 Å². The Hall–Kier alpha value is -2.87. The maximum atomic E-state index is 10.2. The van der Waals surface area contributed by atoms with E-state index >= 15 is 0 Å². The minimum atomic E-state index is -1.73. The molecule has 0 radical (unpaired) electrons. The second-order valence-corrected chi connectivity index (χ2v) is 35.8. The van der Waals surface area contributed by atoms with Crippen molar-refractivity contribution in [3.05, 3.63) is 82.4 Å². The number of phenolic OH excluding ortho intramolecular Hbond substituents is 1. The molecule has 3 aromatic rings. The number of ether oxygens (including phenoxy) is 5. The zero-order valence-electron chi connectivity index (χ0n) is 46.6. The number of hydrogen-bond donors (Lipinski definition) is 1. The summed E-state index contributed by atoms with van der Waals surface area (Å²) in [5, 5.41) is 10.7. The van der Waals surface area contributed by atoms with Gasteiger partial charge in [0, 0.05) is 0 Å². The van der Waals surface area contributed by atoms with Gasteiger partial charge in [0.2, 0.25) is 0 Å². The summed E-state index contributed by atoms with van der Waals surface area (Å²) < 4.78 is 43.4. The van der Waals surface area contributed by atoms with E-state index in [1.165, 1.54) is 92.0 Å². The van der Waals surface area contributed by atoms with E-state index in [0.717, 1.165) is 61.9 Å². The molecule has 0 amide bonds. The lowest BCUT2D eigenvalue weighted by Gasteiger charge is -2.50. The smallest absolute Gasteiger partial charge is 0.192 e. The summed E-state index contributed by atoms with van der Waals surface area (Å²) in [6, 6.07) is 19.0. The van der Waals surface area contributed by atoms with Crippen molar-refractivity contribution < 1.29 is 37.6 Å². The molecule has 4 saturated carbocycles. The van der Waals surface area contributed by atoms with Crippen LogP contribution in [0, 0.1) is 34.5 Å². The summed E-state index contributed by atoms with van der Waals surface area (Å²) in [6.07, 6.45) is 15.2. The summed E-state index contributed by atoms with van der Waals surface area (Å²) in [5.74, 6) is 6.74. The highest BCUT2D eigenvalue weighted by atomic mass is 28.4. The molecule has 10 heteroatoms. The zero-order valence-corrected chi connectivity index (χ0v) is 48.6. The predicted molar refractivity (Wildman–Crippen MR) is 293 cm³/mol. The third-order valence-electron chi connectivity index (χ3n) is 20.4. The van der Waals surface area contributed by atoms with Gasteiger partial charge in [0.25, 0.3) is 0 Å². The van der Waals surface area contributed by atoms with Gasteiger partial charge in [0.15, 0.2) is 39.6 Å². The molecule has 0 heterocycles. The first-order chi connectivity index (χ1) is 33.5. The zero-order chi connectivity index (χ0) is 51.1. The van der Waals surface area contributed by atoms with Crippen LogP contribution in [0.2, 0.25) is 36.3 Å². The summed E-state index contributed by atoms with van der Waals surface area (Å²) in [5.41, 5.74) is 7.43. The predicted octanol–water partition coefficient (Wildman–Crippen LogP) is 15.2. The average Bonchev–Trinajstić information content (AvgIpc) is 3.85. The van der Waals surface area contributed by atoms with Crippen LogP contribution < -0.4 is 14.2 Å². The molecule has 4 fully saturated rings. The summed E-state index contributed by atoms with van der Waals surface area (Å²) >= 11 is 0. The topological polar surface area (TPSA) is 84.8 Å². The maximum absolute atomic E-state index is 10.2. The highest BCUT2D eigenvalue weighted by Crippen LogP contribution is 2.64. The molecular weight excluding hydrogens is 917 g/mol. The van der Waals surface area contributed by atoms with Crippen molar-refractivity contribution in [1.29, 1.82) is 0 Å².